The monoisotopic (exact) mass is 400 g/mol. The van der Waals surface area contributed by atoms with Crippen LogP contribution in [0.2, 0.25) is 0 Å². The Hall–Kier alpha value is -3.27. The highest BCUT2D eigenvalue weighted by Crippen LogP contribution is 2.34. The molecule has 2 aliphatic rings. The number of aryl methyl sites for hydroxylation is 1. The summed E-state index contributed by atoms with van der Waals surface area (Å²) in [6.07, 6.45) is 0.198. The van der Waals surface area contributed by atoms with Crippen LogP contribution in [0, 0.1) is 12.8 Å². The van der Waals surface area contributed by atoms with E-state index in [1.165, 1.54) is 0 Å². The van der Waals surface area contributed by atoms with Gasteiger partial charge >= 0.3 is 6.03 Å². The van der Waals surface area contributed by atoms with E-state index < -0.39 is 12.3 Å². The Morgan fingerprint density at radius 3 is 2.83 bits per heavy atom. The summed E-state index contributed by atoms with van der Waals surface area (Å²) in [6, 6.07) is 6.44. The van der Waals surface area contributed by atoms with Gasteiger partial charge in [0.25, 0.3) is 0 Å². The Bertz CT molecular complexity index is 943. The van der Waals surface area contributed by atoms with Crippen molar-refractivity contribution in [1.82, 2.24) is 20.4 Å². The highest BCUT2D eigenvalue weighted by atomic mass is 16.7. The number of nitrogens with zero attached hydrogens (tertiary/aromatic N) is 2. The standard InChI is InChI=1S/C19H24N6O4/c1-4-13-11(3)20-18(23-17(13)26)25-16(7-10(2)24-25)22-19(27)21-12-5-6-14-15(8-12)29-9-28-14/h5-8,11,13,18,20H,4,9H2,1-3H3,(H,23,26)(H2,21,22,27). The van der Waals surface area contributed by atoms with Gasteiger partial charge in [0.05, 0.1) is 11.6 Å². The van der Waals surface area contributed by atoms with Gasteiger partial charge < -0.3 is 20.1 Å². The molecule has 2 aromatic rings. The molecule has 3 heterocycles. The van der Waals surface area contributed by atoms with Gasteiger partial charge in [0.1, 0.15) is 5.82 Å². The summed E-state index contributed by atoms with van der Waals surface area (Å²) in [5, 5.41) is 16.2. The fourth-order valence-corrected chi connectivity index (χ4v) is 3.61. The van der Waals surface area contributed by atoms with Crippen LogP contribution in [0.15, 0.2) is 24.3 Å². The summed E-state index contributed by atoms with van der Waals surface area (Å²) >= 11 is 0. The van der Waals surface area contributed by atoms with Gasteiger partial charge in [-0.2, -0.15) is 5.10 Å². The third-order valence-electron chi connectivity index (χ3n) is 5.05. The second-order valence-electron chi connectivity index (χ2n) is 7.14. The van der Waals surface area contributed by atoms with Crippen LogP contribution in [0.5, 0.6) is 11.5 Å². The minimum absolute atomic E-state index is 0.0152. The second kappa shape index (κ2) is 7.63. The van der Waals surface area contributed by atoms with Crippen LogP contribution >= 0.6 is 0 Å². The van der Waals surface area contributed by atoms with Crippen LogP contribution in [-0.4, -0.2) is 34.6 Å². The normalized spacial score (nSPS) is 22.9. The number of carbonyl (C=O) groups excluding carboxylic acids is 2. The van der Waals surface area contributed by atoms with Crippen molar-refractivity contribution in [2.24, 2.45) is 5.92 Å². The van der Waals surface area contributed by atoms with Gasteiger partial charge in [-0.3, -0.25) is 15.4 Å². The third kappa shape index (κ3) is 3.83. The molecule has 3 atom stereocenters. The van der Waals surface area contributed by atoms with Crippen LogP contribution < -0.4 is 30.7 Å². The van der Waals surface area contributed by atoms with Gasteiger partial charge in [0, 0.05) is 23.9 Å². The van der Waals surface area contributed by atoms with Crippen molar-refractivity contribution in [3.05, 3.63) is 30.0 Å². The van der Waals surface area contributed by atoms with Crippen molar-refractivity contribution < 1.29 is 19.1 Å². The number of hydrogen-bond donors (Lipinski definition) is 4. The second-order valence-corrected chi connectivity index (χ2v) is 7.14. The molecule has 10 heteroatoms. The zero-order valence-electron chi connectivity index (χ0n) is 16.5. The summed E-state index contributed by atoms with van der Waals surface area (Å²) in [7, 11) is 0. The molecule has 0 spiro atoms. The third-order valence-corrected chi connectivity index (χ3v) is 5.05. The molecule has 1 aromatic heterocycles. The molecule has 0 aliphatic carbocycles. The minimum Gasteiger partial charge on any atom is -0.454 e. The maximum absolute atomic E-state index is 12.5. The molecule has 29 heavy (non-hydrogen) atoms. The SMILES string of the molecule is CCC1C(=O)NC(n2nc(C)cc2NC(=O)Nc2ccc3c(c2)OCO3)NC1C. The van der Waals surface area contributed by atoms with E-state index in [0.717, 1.165) is 6.42 Å². The molecule has 10 nitrogen and oxygen atoms in total. The van der Waals surface area contributed by atoms with Crippen molar-refractivity contribution in [2.45, 2.75) is 39.5 Å². The first kappa shape index (κ1) is 19.1. The fraction of sp³-hybridized carbons (Fsp3) is 0.421. The Morgan fingerprint density at radius 2 is 2.07 bits per heavy atom. The number of rotatable bonds is 4. The number of nitrogens with one attached hydrogen (secondary N) is 4. The van der Waals surface area contributed by atoms with Crippen LogP contribution in [0.3, 0.4) is 0 Å². The van der Waals surface area contributed by atoms with E-state index in [1.807, 2.05) is 20.8 Å². The lowest BCUT2D eigenvalue weighted by atomic mass is 9.95. The van der Waals surface area contributed by atoms with Crippen LogP contribution in [0.4, 0.5) is 16.3 Å². The van der Waals surface area contributed by atoms with Crippen molar-refractivity contribution in [3.8, 4) is 11.5 Å². The maximum Gasteiger partial charge on any atom is 0.324 e. The minimum atomic E-state index is -0.546. The molecule has 154 valence electrons. The molecule has 3 unspecified atom stereocenters. The van der Waals surface area contributed by atoms with E-state index >= 15 is 0 Å². The quantitative estimate of drug-likeness (QED) is 0.625. The molecule has 0 radical (unpaired) electrons. The maximum atomic E-state index is 12.5. The van der Waals surface area contributed by atoms with Crippen molar-refractivity contribution in [1.29, 1.82) is 0 Å². The Morgan fingerprint density at radius 1 is 1.28 bits per heavy atom. The first-order chi connectivity index (χ1) is 13.9. The topological polar surface area (TPSA) is 119 Å². The Kier molecular flexibility index (Phi) is 5.01. The Labute approximate surface area is 167 Å². The van der Waals surface area contributed by atoms with Crippen LogP contribution in [0.25, 0.3) is 0 Å². The average molecular weight is 400 g/mol. The van der Waals surface area contributed by atoms with Gasteiger partial charge in [0.15, 0.2) is 17.8 Å². The molecular weight excluding hydrogens is 376 g/mol. The molecule has 1 aromatic carbocycles. The molecule has 4 N–H and O–H groups in total. The van der Waals surface area contributed by atoms with Gasteiger partial charge in [-0.1, -0.05) is 6.92 Å². The smallest absolute Gasteiger partial charge is 0.324 e. The molecular formula is C19H24N6O4. The zero-order chi connectivity index (χ0) is 20.5. The average Bonchev–Trinajstić information content (AvgIpc) is 3.27. The van der Waals surface area contributed by atoms with E-state index in [2.05, 4.69) is 26.4 Å². The molecule has 0 saturated carbocycles. The largest absolute Gasteiger partial charge is 0.454 e. The Balaban J connectivity index is 1.47. The predicted octanol–water partition coefficient (Wildman–Crippen LogP) is 2.15. The lowest BCUT2D eigenvalue weighted by molar-refractivity contribution is -0.130. The number of aromatic nitrogens is 2. The van der Waals surface area contributed by atoms with E-state index in [4.69, 9.17) is 9.47 Å². The van der Waals surface area contributed by atoms with Crippen LogP contribution in [-0.2, 0) is 4.79 Å². The van der Waals surface area contributed by atoms with E-state index in [9.17, 15) is 9.59 Å². The number of fused-ring (bicyclic) bond motifs is 1. The molecule has 1 fully saturated rings. The first-order valence-corrected chi connectivity index (χ1v) is 9.55. The molecule has 2 aliphatic heterocycles. The zero-order valence-corrected chi connectivity index (χ0v) is 16.5. The summed E-state index contributed by atoms with van der Waals surface area (Å²) < 4.78 is 12.2. The van der Waals surface area contributed by atoms with Gasteiger partial charge in [-0.05, 0) is 32.4 Å². The molecule has 0 bridgehead atoms. The van der Waals surface area contributed by atoms with Crippen LogP contribution in [0.1, 0.15) is 32.3 Å². The van der Waals surface area contributed by atoms with Crippen molar-refractivity contribution in [2.75, 3.05) is 17.4 Å². The lowest BCUT2D eigenvalue weighted by Gasteiger charge is -2.35. The summed E-state index contributed by atoms with van der Waals surface area (Å²) in [6.45, 7) is 5.94. The van der Waals surface area contributed by atoms with Crippen molar-refractivity contribution >= 4 is 23.4 Å². The number of ether oxygens (including phenoxy) is 2. The van der Waals surface area contributed by atoms with Crippen molar-refractivity contribution in [3.63, 3.8) is 0 Å². The van der Waals surface area contributed by atoms with Gasteiger partial charge in [-0.15, -0.1) is 0 Å². The molecule has 1 saturated heterocycles. The first-order valence-electron chi connectivity index (χ1n) is 9.55. The number of carbonyl (C=O) groups is 2. The highest BCUT2D eigenvalue weighted by molar-refractivity contribution is 5.99. The van der Waals surface area contributed by atoms with Gasteiger partial charge in [-0.25, -0.2) is 9.48 Å². The lowest BCUT2D eigenvalue weighted by Crippen LogP contribution is -2.57. The number of amides is 3. The number of urea groups is 1. The summed E-state index contributed by atoms with van der Waals surface area (Å²) in [4.78, 5) is 24.9. The van der Waals surface area contributed by atoms with Gasteiger partial charge in [0.2, 0.25) is 12.7 Å². The molecule has 3 amide bonds. The van der Waals surface area contributed by atoms with E-state index in [1.54, 1.807) is 28.9 Å². The summed E-state index contributed by atoms with van der Waals surface area (Å²) in [5.41, 5.74) is 1.28. The highest BCUT2D eigenvalue weighted by Gasteiger charge is 2.34. The predicted molar refractivity (Wildman–Crippen MR) is 106 cm³/mol. The molecule has 4 rings (SSSR count). The summed E-state index contributed by atoms with van der Waals surface area (Å²) in [5.74, 6) is 1.54. The fourth-order valence-electron chi connectivity index (χ4n) is 3.61. The number of hydrogen-bond acceptors (Lipinski definition) is 6. The number of anilines is 2. The van der Waals surface area contributed by atoms with E-state index in [0.29, 0.717) is 28.7 Å². The van der Waals surface area contributed by atoms with E-state index in [-0.39, 0.29) is 24.7 Å². The number of benzene rings is 1.